The molecule has 0 amide bonds. The van der Waals surface area contributed by atoms with Crippen molar-refractivity contribution in [2.45, 2.75) is 25.2 Å². The van der Waals surface area contributed by atoms with E-state index in [2.05, 4.69) is 46.3 Å². The summed E-state index contributed by atoms with van der Waals surface area (Å²) in [5.41, 5.74) is 2.11. The molecule has 3 heteroatoms. The Morgan fingerprint density at radius 2 is 1.90 bits per heavy atom. The maximum absolute atomic E-state index is 9.23. The number of nitriles is 1. The summed E-state index contributed by atoms with van der Waals surface area (Å²) < 4.78 is 0. The summed E-state index contributed by atoms with van der Waals surface area (Å²) in [4.78, 5) is 6.68. The third-order valence-corrected chi connectivity index (χ3v) is 4.21. The van der Waals surface area contributed by atoms with Crippen LogP contribution in [-0.2, 0) is 0 Å². The Morgan fingerprint density at radius 3 is 2.71 bits per heavy atom. The molecular formula is C18H19N3. The van der Waals surface area contributed by atoms with E-state index < -0.39 is 0 Å². The first kappa shape index (κ1) is 13.6. The number of pyridine rings is 1. The van der Waals surface area contributed by atoms with Gasteiger partial charge < -0.3 is 4.90 Å². The highest BCUT2D eigenvalue weighted by Crippen LogP contribution is 2.30. The Kier molecular flexibility index (Phi) is 4.16. The molecule has 0 aliphatic carbocycles. The molecule has 106 valence electrons. The Labute approximate surface area is 125 Å². The number of hydrogen-bond acceptors (Lipinski definition) is 3. The van der Waals surface area contributed by atoms with Gasteiger partial charge in [0.25, 0.3) is 0 Å². The minimum Gasteiger partial charge on any atom is -0.356 e. The van der Waals surface area contributed by atoms with Crippen LogP contribution >= 0.6 is 0 Å². The van der Waals surface area contributed by atoms with E-state index in [9.17, 15) is 5.26 Å². The van der Waals surface area contributed by atoms with Crippen LogP contribution in [0, 0.1) is 11.3 Å². The smallest absolute Gasteiger partial charge is 0.146 e. The van der Waals surface area contributed by atoms with Crippen LogP contribution in [-0.4, -0.2) is 18.1 Å². The second kappa shape index (κ2) is 6.41. The van der Waals surface area contributed by atoms with Crippen LogP contribution in [0.4, 0.5) is 5.82 Å². The third-order valence-electron chi connectivity index (χ3n) is 4.21. The summed E-state index contributed by atoms with van der Waals surface area (Å²) in [7, 11) is 0. The predicted octanol–water partition coefficient (Wildman–Crippen LogP) is 3.73. The van der Waals surface area contributed by atoms with Crippen molar-refractivity contribution in [3.63, 3.8) is 0 Å². The first-order valence-corrected chi connectivity index (χ1v) is 7.53. The van der Waals surface area contributed by atoms with Crippen LogP contribution in [0.5, 0.6) is 0 Å². The zero-order valence-corrected chi connectivity index (χ0v) is 12.1. The van der Waals surface area contributed by atoms with Gasteiger partial charge in [-0.15, -0.1) is 0 Å². The number of hydrogen-bond donors (Lipinski definition) is 0. The number of benzene rings is 1. The lowest BCUT2D eigenvalue weighted by Crippen LogP contribution is -2.26. The van der Waals surface area contributed by atoms with E-state index in [1.54, 1.807) is 6.20 Å². The zero-order chi connectivity index (χ0) is 14.5. The van der Waals surface area contributed by atoms with Gasteiger partial charge in [-0.2, -0.15) is 5.26 Å². The summed E-state index contributed by atoms with van der Waals surface area (Å²) in [5.74, 6) is 1.46. The van der Waals surface area contributed by atoms with Crippen LogP contribution in [0.15, 0.2) is 48.7 Å². The molecule has 1 saturated heterocycles. The SMILES string of the molecule is N#Cc1cccnc1N1CCCC(c2ccccc2)CC1. The molecule has 1 aromatic heterocycles. The third kappa shape index (κ3) is 3.05. The quantitative estimate of drug-likeness (QED) is 0.839. The summed E-state index contributed by atoms with van der Waals surface area (Å²) in [6.45, 7) is 1.94. The van der Waals surface area contributed by atoms with E-state index in [4.69, 9.17) is 0 Å². The molecule has 1 aliphatic heterocycles. The highest BCUT2D eigenvalue weighted by atomic mass is 15.2. The summed E-state index contributed by atoms with van der Waals surface area (Å²) in [5, 5.41) is 9.23. The molecule has 0 N–H and O–H groups in total. The van der Waals surface area contributed by atoms with Gasteiger partial charge >= 0.3 is 0 Å². The fraction of sp³-hybridized carbons (Fsp3) is 0.333. The normalized spacial score (nSPS) is 18.8. The fourth-order valence-electron chi connectivity index (χ4n) is 3.10. The molecule has 3 nitrogen and oxygen atoms in total. The van der Waals surface area contributed by atoms with Crippen molar-refractivity contribution in [3.05, 3.63) is 59.8 Å². The molecule has 1 aliphatic rings. The Bertz CT molecular complexity index is 630. The van der Waals surface area contributed by atoms with E-state index in [0.717, 1.165) is 31.7 Å². The molecule has 0 spiro atoms. The number of aromatic nitrogens is 1. The molecule has 2 aromatic rings. The molecule has 21 heavy (non-hydrogen) atoms. The van der Waals surface area contributed by atoms with Gasteiger partial charge in [0, 0.05) is 19.3 Å². The zero-order valence-electron chi connectivity index (χ0n) is 12.1. The Morgan fingerprint density at radius 1 is 1.05 bits per heavy atom. The molecular weight excluding hydrogens is 258 g/mol. The van der Waals surface area contributed by atoms with E-state index in [1.807, 2.05) is 12.1 Å². The van der Waals surface area contributed by atoms with Gasteiger partial charge in [0.15, 0.2) is 0 Å². The first-order valence-electron chi connectivity index (χ1n) is 7.53. The molecule has 1 unspecified atom stereocenters. The standard InChI is InChI=1S/C18H19N3/c19-14-17-8-4-11-20-18(17)21-12-5-9-16(10-13-21)15-6-2-1-3-7-15/h1-4,6-8,11,16H,5,9-10,12-13H2. The number of nitrogens with zero attached hydrogens (tertiary/aromatic N) is 3. The van der Waals surface area contributed by atoms with E-state index in [-0.39, 0.29) is 0 Å². The van der Waals surface area contributed by atoms with E-state index in [0.29, 0.717) is 11.5 Å². The van der Waals surface area contributed by atoms with Crippen molar-refractivity contribution >= 4 is 5.82 Å². The maximum atomic E-state index is 9.23. The Balaban J connectivity index is 1.76. The largest absolute Gasteiger partial charge is 0.356 e. The van der Waals surface area contributed by atoms with Crippen LogP contribution < -0.4 is 4.90 Å². The van der Waals surface area contributed by atoms with Crippen molar-refractivity contribution in [2.75, 3.05) is 18.0 Å². The fourth-order valence-corrected chi connectivity index (χ4v) is 3.10. The van der Waals surface area contributed by atoms with Crippen LogP contribution in [0.3, 0.4) is 0 Å². The number of rotatable bonds is 2. The molecule has 0 radical (unpaired) electrons. The minimum absolute atomic E-state index is 0.616. The van der Waals surface area contributed by atoms with Crippen molar-refractivity contribution in [1.82, 2.24) is 4.98 Å². The van der Waals surface area contributed by atoms with Gasteiger partial charge in [-0.1, -0.05) is 30.3 Å². The van der Waals surface area contributed by atoms with Crippen LogP contribution in [0.1, 0.15) is 36.3 Å². The first-order chi connectivity index (χ1) is 10.4. The molecule has 1 atom stereocenters. The molecule has 1 fully saturated rings. The monoisotopic (exact) mass is 277 g/mol. The lowest BCUT2D eigenvalue weighted by atomic mass is 9.92. The molecule has 3 rings (SSSR count). The Hall–Kier alpha value is -2.34. The summed E-state index contributed by atoms with van der Waals surface area (Å²) in [6, 6.07) is 16.7. The lowest BCUT2D eigenvalue weighted by molar-refractivity contribution is 0.612. The van der Waals surface area contributed by atoms with Gasteiger partial charge in [-0.25, -0.2) is 4.98 Å². The van der Waals surface area contributed by atoms with Crippen molar-refractivity contribution in [3.8, 4) is 6.07 Å². The van der Waals surface area contributed by atoms with Gasteiger partial charge in [0.2, 0.25) is 0 Å². The average molecular weight is 277 g/mol. The van der Waals surface area contributed by atoms with E-state index >= 15 is 0 Å². The summed E-state index contributed by atoms with van der Waals surface area (Å²) in [6.07, 6.45) is 5.23. The predicted molar refractivity (Wildman–Crippen MR) is 84.2 cm³/mol. The second-order valence-corrected chi connectivity index (χ2v) is 5.51. The van der Waals surface area contributed by atoms with Crippen molar-refractivity contribution in [1.29, 1.82) is 5.26 Å². The van der Waals surface area contributed by atoms with E-state index in [1.165, 1.54) is 12.0 Å². The highest BCUT2D eigenvalue weighted by molar-refractivity contribution is 5.53. The lowest BCUT2D eigenvalue weighted by Gasteiger charge is -2.22. The second-order valence-electron chi connectivity index (χ2n) is 5.51. The molecule has 0 bridgehead atoms. The highest BCUT2D eigenvalue weighted by Gasteiger charge is 2.20. The molecule has 2 heterocycles. The van der Waals surface area contributed by atoms with Crippen LogP contribution in [0.2, 0.25) is 0 Å². The average Bonchev–Trinajstić information content (AvgIpc) is 2.81. The van der Waals surface area contributed by atoms with Crippen molar-refractivity contribution in [2.24, 2.45) is 0 Å². The van der Waals surface area contributed by atoms with Gasteiger partial charge in [-0.3, -0.25) is 0 Å². The topological polar surface area (TPSA) is 39.9 Å². The van der Waals surface area contributed by atoms with Gasteiger partial charge in [0.05, 0.1) is 5.56 Å². The van der Waals surface area contributed by atoms with Crippen LogP contribution in [0.25, 0.3) is 0 Å². The van der Waals surface area contributed by atoms with Gasteiger partial charge in [-0.05, 0) is 42.9 Å². The summed E-state index contributed by atoms with van der Waals surface area (Å²) >= 11 is 0. The molecule has 0 saturated carbocycles. The molecule has 1 aromatic carbocycles. The number of anilines is 1. The van der Waals surface area contributed by atoms with Crippen molar-refractivity contribution < 1.29 is 0 Å². The van der Waals surface area contributed by atoms with Gasteiger partial charge in [0.1, 0.15) is 11.9 Å². The maximum Gasteiger partial charge on any atom is 0.146 e. The minimum atomic E-state index is 0.616.